The number of nitrogens with one attached hydrogen (secondary N) is 1. The van der Waals surface area contributed by atoms with Gasteiger partial charge >= 0.3 is 0 Å². The Morgan fingerprint density at radius 3 is 2.54 bits per heavy atom. The van der Waals surface area contributed by atoms with Crippen molar-refractivity contribution in [3.05, 3.63) is 29.8 Å². The molecule has 5 heteroatoms. The molecule has 1 aliphatic carbocycles. The second kappa shape index (κ2) is 7.24. The van der Waals surface area contributed by atoms with Gasteiger partial charge in [0.15, 0.2) is 0 Å². The van der Waals surface area contributed by atoms with Crippen molar-refractivity contribution in [3.63, 3.8) is 0 Å². The Hall–Kier alpha value is -2.04. The second-order valence-electron chi connectivity index (χ2n) is 6.91. The molecule has 0 spiro atoms. The summed E-state index contributed by atoms with van der Waals surface area (Å²) in [5.41, 5.74) is 0.982. The van der Waals surface area contributed by atoms with Crippen LogP contribution in [0.25, 0.3) is 0 Å². The van der Waals surface area contributed by atoms with E-state index in [1.807, 2.05) is 24.3 Å². The van der Waals surface area contributed by atoms with Crippen molar-refractivity contribution in [3.8, 4) is 5.75 Å². The second-order valence-corrected chi connectivity index (χ2v) is 6.91. The standard InChI is InChI=1S/C19H26N2O3/c1-21-17(22)11-10-16(19(23)20-12-13-4-3-5-13)18(21)14-6-8-15(24-2)9-7-14/h6-9,13,16,18H,3-5,10-12H2,1-2H3,(H,20,23). The molecule has 5 nitrogen and oxygen atoms in total. The third-order valence-corrected chi connectivity index (χ3v) is 5.44. The molecule has 0 aromatic heterocycles. The lowest BCUT2D eigenvalue weighted by Crippen LogP contribution is -2.47. The normalized spacial score (nSPS) is 24.4. The highest BCUT2D eigenvalue weighted by atomic mass is 16.5. The molecule has 0 bridgehead atoms. The van der Waals surface area contributed by atoms with Gasteiger partial charge in [0.1, 0.15) is 5.75 Å². The SMILES string of the molecule is COc1ccc(C2C(C(=O)NCC3CCC3)CCC(=O)N2C)cc1. The van der Waals surface area contributed by atoms with Crippen LogP contribution >= 0.6 is 0 Å². The quantitative estimate of drug-likeness (QED) is 0.902. The smallest absolute Gasteiger partial charge is 0.225 e. The average Bonchev–Trinajstić information content (AvgIpc) is 2.55. The Labute approximate surface area is 143 Å². The number of ether oxygens (including phenoxy) is 1. The van der Waals surface area contributed by atoms with Crippen LogP contribution in [0.3, 0.4) is 0 Å². The molecule has 1 aromatic rings. The number of amides is 2. The Morgan fingerprint density at radius 1 is 1.25 bits per heavy atom. The first-order valence-electron chi connectivity index (χ1n) is 8.77. The predicted molar refractivity (Wildman–Crippen MR) is 91.6 cm³/mol. The summed E-state index contributed by atoms with van der Waals surface area (Å²) < 4.78 is 5.20. The minimum absolute atomic E-state index is 0.0714. The monoisotopic (exact) mass is 330 g/mol. The summed E-state index contributed by atoms with van der Waals surface area (Å²) in [4.78, 5) is 26.6. The molecular weight excluding hydrogens is 304 g/mol. The summed E-state index contributed by atoms with van der Waals surface area (Å²) >= 11 is 0. The molecule has 1 N–H and O–H groups in total. The third kappa shape index (κ3) is 3.40. The number of benzene rings is 1. The van der Waals surface area contributed by atoms with E-state index in [0.717, 1.165) is 17.9 Å². The Bertz CT molecular complexity index is 595. The fourth-order valence-electron chi connectivity index (χ4n) is 3.64. The Balaban J connectivity index is 1.76. The summed E-state index contributed by atoms with van der Waals surface area (Å²) in [7, 11) is 3.42. The van der Waals surface area contributed by atoms with Crippen LogP contribution in [0, 0.1) is 11.8 Å². The van der Waals surface area contributed by atoms with Gasteiger partial charge < -0.3 is 15.0 Å². The van der Waals surface area contributed by atoms with Crippen molar-refractivity contribution >= 4 is 11.8 Å². The third-order valence-electron chi connectivity index (χ3n) is 5.44. The van der Waals surface area contributed by atoms with Gasteiger partial charge in [0.25, 0.3) is 0 Å². The van der Waals surface area contributed by atoms with Gasteiger partial charge in [-0.05, 0) is 42.9 Å². The molecule has 24 heavy (non-hydrogen) atoms. The molecule has 3 rings (SSSR count). The lowest BCUT2D eigenvalue weighted by molar-refractivity contribution is -0.141. The molecule has 2 aliphatic rings. The minimum Gasteiger partial charge on any atom is -0.497 e. The van der Waals surface area contributed by atoms with E-state index in [1.165, 1.54) is 19.3 Å². The lowest BCUT2D eigenvalue weighted by Gasteiger charge is -2.39. The van der Waals surface area contributed by atoms with Crippen LogP contribution in [0.15, 0.2) is 24.3 Å². The van der Waals surface area contributed by atoms with Gasteiger partial charge in [0.2, 0.25) is 11.8 Å². The van der Waals surface area contributed by atoms with Gasteiger partial charge in [-0.3, -0.25) is 9.59 Å². The van der Waals surface area contributed by atoms with Crippen molar-refractivity contribution in [2.24, 2.45) is 11.8 Å². The molecule has 2 fully saturated rings. The van der Waals surface area contributed by atoms with E-state index >= 15 is 0 Å². The first-order valence-corrected chi connectivity index (χ1v) is 8.77. The fraction of sp³-hybridized carbons (Fsp3) is 0.579. The van der Waals surface area contributed by atoms with Crippen molar-refractivity contribution in [1.82, 2.24) is 10.2 Å². The summed E-state index contributed by atoms with van der Waals surface area (Å²) in [6.45, 7) is 0.766. The summed E-state index contributed by atoms with van der Waals surface area (Å²) in [5.74, 6) is 1.38. The van der Waals surface area contributed by atoms with Crippen LogP contribution in [0.4, 0.5) is 0 Å². The Kier molecular flexibility index (Phi) is 5.07. The van der Waals surface area contributed by atoms with E-state index < -0.39 is 0 Å². The number of hydrogen-bond acceptors (Lipinski definition) is 3. The fourth-order valence-corrected chi connectivity index (χ4v) is 3.64. The summed E-state index contributed by atoms with van der Waals surface area (Å²) in [5, 5.41) is 3.11. The van der Waals surface area contributed by atoms with Crippen LogP contribution in [0.1, 0.15) is 43.7 Å². The molecule has 130 valence electrons. The first kappa shape index (κ1) is 16.8. The van der Waals surface area contributed by atoms with Crippen molar-refractivity contribution in [1.29, 1.82) is 0 Å². The predicted octanol–water partition coefficient (Wildman–Crippen LogP) is 2.52. The molecule has 1 saturated carbocycles. The maximum absolute atomic E-state index is 12.7. The van der Waals surface area contributed by atoms with E-state index in [4.69, 9.17) is 4.74 Å². The molecule has 1 heterocycles. The number of piperidine rings is 1. The van der Waals surface area contributed by atoms with Crippen molar-refractivity contribution in [2.75, 3.05) is 20.7 Å². The van der Waals surface area contributed by atoms with Gasteiger partial charge in [-0.25, -0.2) is 0 Å². The zero-order valence-electron chi connectivity index (χ0n) is 14.5. The van der Waals surface area contributed by atoms with Crippen molar-refractivity contribution in [2.45, 2.75) is 38.1 Å². The number of rotatable bonds is 5. The van der Waals surface area contributed by atoms with Crippen LogP contribution < -0.4 is 10.1 Å². The lowest BCUT2D eigenvalue weighted by atomic mass is 9.83. The van der Waals surface area contributed by atoms with Gasteiger partial charge in [0, 0.05) is 20.0 Å². The number of carbonyl (C=O) groups excluding carboxylic acids is 2. The molecule has 2 unspecified atom stereocenters. The number of hydrogen-bond donors (Lipinski definition) is 1. The van der Waals surface area contributed by atoms with Crippen molar-refractivity contribution < 1.29 is 14.3 Å². The van der Waals surface area contributed by atoms with Crippen LogP contribution in [-0.2, 0) is 9.59 Å². The van der Waals surface area contributed by atoms with Gasteiger partial charge in [0.05, 0.1) is 19.1 Å². The molecule has 2 amide bonds. The van der Waals surface area contributed by atoms with E-state index in [9.17, 15) is 9.59 Å². The maximum Gasteiger partial charge on any atom is 0.225 e. The zero-order valence-corrected chi connectivity index (χ0v) is 14.5. The van der Waals surface area contributed by atoms with Gasteiger partial charge in [-0.15, -0.1) is 0 Å². The highest BCUT2D eigenvalue weighted by Crippen LogP contribution is 2.36. The van der Waals surface area contributed by atoms with E-state index in [1.54, 1.807) is 19.1 Å². The van der Waals surface area contributed by atoms with Crippen LogP contribution in [0.2, 0.25) is 0 Å². The van der Waals surface area contributed by atoms with Gasteiger partial charge in [-0.1, -0.05) is 18.6 Å². The number of nitrogens with zero attached hydrogens (tertiary/aromatic N) is 1. The first-order chi connectivity index (χ1) is 11.6. The molecule has 0 radical (unpaired) electrons. The number of carbonyl (C=O) groups is 2. The molecule has 1 aromatic carbocycles. The van der Waals surface area contributed by atoms with E-state index in [2.05, 4.69) is 5.32 Å². The Morgan fingerprint density at radius 2 is 1.96 bits per heavy atom. The number of likely N-dealkylation sites (tertiary alicyclic amines) is 1. The maximum atomic E-state index is 12.7. The summed E-state index contributed by atoms with van der Waals surface area (Å²) in [6, 6.07) is 7.45. The van der Waals surface area contributed by atoms with Crippen LogP contribution in [0.5, 0.6) is 5.75 Å². The summed E-state index contributed by atoms with van der Waals surface area (Å²) in [6.07, 6.45) is 4.74. The van der Waals surface area contributed by atoms with Crippen LogP contribution in [-0.4, -0.2) is 37.4 Å². The molecule has 1 aliphatic heterocycles. The van der Waals surface area contributed by atoms with E-state index in [-0.39, 0.29) is 23.8 Å². The molecular formula is C19H26N2O3. The highest BCUT2D eigenvalue weighted by molar-refractivity contribution is 5.84. The zero-order chi connectivity index (χ0) is 17.1. The molecule has 1 saturated heterocycles. The van der Waals surface area contributed by atoms with Gasteiger partial charge in [-0.2, -0.15) is 0 Å². The van der Waals surface area contributed by atoms with E-state index in [0.29, 0.717) is 18.8 Å². The average molecular weight is 330 g/mol. The number of methoxy groups -OCH3 is 1. The highest BCUT2D eigenvalue weighted by Gasteiger charge is 2.39. The largest absolute Gasteiger partial charge is 0.497 e. The minimum atomic E-state index is -0.210. The molecule has 2 atom stereocenters. The topological polar surface area (TPSA) is 58.6 Å².